The number of rotatable bonds is 3. The van der Waals surface area contributed by atoms with Gasteiger partial charge in [0.15, 0.2) is 5.69 Å². The van der Waals surface area contributed by atoms with Crippen molar-refractivity contribution in [3.05, 3.63) is 47.9 Å². The molecule has 0 radical (unpaired) electrons. The summed E-state index contributed by atoms with van der Waals surface area (Å²) in [4.78, 5) is 19.2. The molecule has 7 nitrogen and oxygen atoms in total. The highest BCUT2D eigenvalue weighted by Gasteiger charge is 2.27. The van der Waals surface area contributed by atoms with E-state index in [0.29, 0.717) is 11.7 Å². The van der Waals surface area contributed by atoms with Crippen molar-refractivity contribution in [1.82, 2.24) is 30.2 Å². The fourth-order valence-corrected chi connectivity index (χ4v) is 3.55. The number of aromatic nitrogens is 4. The zero-order valence-electron chi connectivity index (χ0n) is 15.8. The quantitative estimate of drug-likeness (QED) is 0.701. The molecule has 0 saturated carbocycles. The molecule has 9 heteroatoms. The summed E-state index contributed by atoms with van der Waals surface area (Å²) in [7, 11) is 1.97. The minimum atomic E-state index is -0.0401. The molecular weight excluding hydrogens is 399 g/mol. The molecule has 1 N–H and O–H groups in total. The third kappa shape index (κ3) is 3.97. The molecule has 0 atom stereocenters. The van der Waals surface area contributed by atoms with Gasteiger partial charge in [0.25, 0.3) is 5.91 Å². The first kappa shape index (κ1) is 22.1. The Balaban J connectivity index is 0.00000140. The van der Waals surface area contributed by atoms with Crippen LogP contribution in [0.3, 0.4) is 0 Å². The maximum absolute atomic E-state index is 12.9. The number of amides is 1. The zero-order chi connectivity index (χ0) is 18.1. The SMILES string of the molecule is CNC1CCN(C(=O)c2nnn(-c3cccc4ncccc34)c2C)CC1.Cl.Cl. The van der Waals surface area contributed by atoms with Gasteiger partial charge in [-0.25, -0.2) is 4.68 Å². The molecule has 150 valence electrons. The number of hydrogen-bond donors (Lipinski definition) is 1. The molecule has 0 bridgehead atoms. The number of pyridine rings is 1. The topological polar surface area (TPSA) is 75.9 Å². The number of halogens is 2. The van der Waals surface area contributed by atoms with Crippen molar-refractivity contribution < 1.29 is 4.79 Å². The zero-order valence-corrected chi connectivity index (χ0v) is 17.5. The molecule has 0 spiro atoms. The summed E-state index contributed by atoms with van der Waals surface area (Å²) >= 11 is 0. The molecule has 0 aliphatic carbocycles. The van der Waals surface area contributed by atoms with Gasteiger partial charge in [-0.15, -0.1) is 29.9 Å². The maximum atomic E-state index is 12.9. The summed E-state index contributed by atoms with van der Waals surface area (Å²) in [5.41, 5.74) is 2.95. The molecule has 1 aliphatic rings. The summed E-state index contributed by atoms with van der Waals surface area (Å²) in [6.45, 7) is 3.38. The maximum Gasteiger partial charge on any atom is 0.276 e. The van der Waals surface area contributed by atoms with Crippen LogP contribution in [-0.4, -0.2) is 57.0 Å². The van der Waals surface area contributed by atoms with E-state index in [4.69, 9.17) is 0 Å². The molecule has 28 heavy (non-hydrogen) atoms. The predicted molar refractivity (Wildman–Crippen MR) is 114 cm³/mol. The Kier molecular flexibility index (Phi) is 7.35. The Morgan fingerprint density at radius 1 is 1.14 bits per heavy atom. The van der Waals surface area contributed by atoms with Gasteiger partial charge in [0.2, 0.25) is 0 Å². The van der Waals surface area contributed by atoms with Crippen LogP contribution in [0, 0.1) is 6.92 Å². The Labute approximate surface area is 176 Å². The Bertz CT molecular complexity index is 947. The van der Waals surface area contributed by atoms with E-state index in [1.165, 1.54) is 0 Å². The van der Waals surface area contributed by atoms with Gasteiger partial charge in [0, 0.05) is 30.7 Å². The standard InChI is InChI=1S/C19H22N6O.2ClH/c1-13-18(19(26)24-11-8-14(20-2)9-12-24)22-23-25(13)17-7-3-6-16-15(17)5-4-10-21-16;;/h3-7,10,14,20H,8-9,11-12H2,1-2H3;2*1H. The Hall–Kier alpha value is -2.22. The molecule has 3 heterocycles. The molecule has 1 aliphatic heterocycles. The van der Waals surface area contributed by atoms with Crippen molar-refractivity contribution in [3.8, 4) is 5.69 Å². The van der Waals surface area contributed by atoms with Crippen LogP contribution >= 0.6 is 24.8 Å². The summed E-state index contributed by atoms with van der Waals surface area (Å²) in [6, 6.07) is 10.3. The summed E-state index contributed by atoms with van der Waals surface area (Å²) in [5.74, 6) is -0.0401. The molecule has 4 rings (SSSR count). The van der Waals surface area contributed by atoms with E-state index >= 15 is 0 Å². The average Bonchev–Trinajstić information content (AvgIpc) is 3.08. The molecule has 0 unspecified atom stereocenters. The van der Waals surface area contributed by atoms with Crippen molar-refractivity contribution in [2.75, 3.05) is 20.1 Å². The van der Waals surface area contributed by atoms with Gasteiger partial charge < -0.3 is 10.2 Å². The molecule has 1 saturated heterocycles. The number of fused-ring (bicyclic) bond motifs is 1. The van der Waals surface area contributed by atoms with Crippen molar-refractivity contribution in [2.45, 2.75) is 25.8 Å². The van der Waals surface area contributed by atoms with Gasteiger partial charge in [-0.2, -0.15) is 0 Å². The van der Waals surface area contributed by atoms with Crippen LogP contribution < -0.4 is 5.32 Å². The summed E-state index contributed by atoms with van der Waals surface area (Å²) in [6.07, 6.45) is 3.69. The first-order chi connectivity index (χ1) is 12.7. The van der Waals surface area contributed by atoms with E-state index in [0.717, 1.165) is 48.2 Å². The van der Waals surface area contributed by atoms with Crippen LogP contribution in [0.4, 0.5) is 0 Å². The van der Waals surface area contributed by atoms with Crippen LogP contribution in [-0.2, 0) is 0 Å². The molecule has 1 aromatic carbocycles. The third-order valence-electron chi connectivity index (χ3n) is 5.14. The Morgan fingerprint density at radius 3 is 2.61 bits per heavy atom. The number of nitrogens with one attached hydrogen (secondary N) is 1. The van der Waals surface area contributed by atoms with E-state index < -0.39 is 0 Å². The van der Waals surface area contributed by atoms with Gasteiger partial charge in [-0.1, -0.05) is 11.3 Å². The van der Waals surface area contributed by atoms with Crippen molar-refractivity contribution >= 4 is 41.6 Å². The largest absolute Gasteiger partial charge is 0.337 e. The molecule has 3 aromatic rings. The minimum Gasteiger partial charge on any atom is -0.337 e. The monoisotopic (exact) mass is 422 g/mol. The first-order valence-electron chi connectivity index (χ1n) is 8.92. The van der Waals surface area contributed by atoms with Crippen molar-refractivity contribution in [1.29, 1.82) is 0 Å². The fraction of sp³-hybridized carbons (Fsp3) is 0.368. The second-order valence-electron chi connectivity index (χ2n) is 6.64. The highest BCUT2D eigenvalue weighted by molar-refractivity contribution is 5.94. The first-order valence-corrected chi connectivity index (χ1v) is 8.92. The highest BCUT2D eigenvalue weighted by Crippen LogP contribution is 2.22. The normalized spacial score (nSPS) is 14.4. The smallest absolute Gasteiger partial charge is 0.276 e. The molecule has 1 amide bonds. The van der Waals surface area contributed by atoms with Gasteiger partial charge in [-0.3, -0.25) is 9.78 Å². The number of carbonyl (C=O) groups excluding carboxylic acids is 1. The van der Waals surface area contributed by atoms with E-state index in [-0.39, 0.29) is 30.7 Å². The number of hydrogen-bond acceptors (Lipinski definition) is 5. The lowest BCUT2D eigenvalue weighted by molar-refractivity contribution is 0.0700. The number of benzene rings is 1. The lowest BCUT2D eigenvalue weighted by atomic mass is 10.0. The summed E-state index contributed by atoms with van der Waals surface area (Å²) in [5, 5.41) is 12.7. The fourth-order valence-electron chi connectivity index (χ4n) is 3.55. The van der Waals surface area contributed by atoms with E-state index in [2.05, 4.69) is 20.6 Å². The third-order valence-corrected chi connectivity index (χ3v) is 5.14. The van der Waals surface area contributed by atoms with Gasteiger partial charge in [0.1, 0.15) is 0 Å². The van der Waals surface area contributed by atoms with E-state index in [1.54, 1.807) is 10.9 Å². The van der Waals surface area contributed by atoms with Gasteiger partial charge in [-0.05, 0) is 51.1 Å². The predicted octanol–water partition coefficient (Wildman–Crippen LogP) is 2.79. The van der Waals surface area contributed by atoms with Crippen LogP contribution in [0.15, 0.2) is 36.5 Å². The van der Waals surface area contributed by atoms with Crippen LogP contribution in [0.5, 0.6) is 0 Å². The lowest BCUT2D eigenvalue weighted by Crippen LogP contribution is -2.44. The number of carbonyl (C=O) groups is 1. The molecular formula is C19H24Cl2N6O. The van der Waals surface area contributed by atoms with Crippen molar-refractivity contribution in [2.24, 2.45) is 0 Å². The van der Waals surface area contributed by atoms with E-state index in [9.17, 15) is 4.79 Å². The lowest BCUT2D eigenvalue weighted by Gasteiger charge is -2.31. The highest BCUT2D eigenvalue weighted by atomic mass is 35.5. The molecule has 1 fully saturated rings. The second kappa shape index (κ2) is 9.32. The van der Waals surface area contributed by atoms with Gasteiger partial charge in [0.05, 0.1) is 16.9 Å². The number of nitrogens with zero attached hydrogens (tertiary/aromatic N) is 5. The van der Waals surface area contributed by atoms with Crippen LogP contribution in [0.25, 0.3) is 16.6 Å². The van der Waals surface area contributed by atoms with Crippen LogP contribution in [0.1, 0.15) is 29.0 Å². The van der Waals surface area contributed by atoms with Crippen LogP contribution in [0.2, 0.25) is 0 Å². The van der Waals surface area contributed by atoms with Gasteiger partial charge >= 0.3 is 0 Å². The average molecular weight is 423 g/mol. The summed E-state index contributed by atoms with van der Waals surface area (Å²) < 4.78 is 1.73. The minimum absolute atomic E-state index is 0. The van der Waals surface area contributed by atoms with E-state index in [1.807, 2.05) is 49.2 Å². The number of piperidine rings is 1. The number of likely N-dealkylation sites (tertiary alicyclic amines) is 1. The second-order valence-corrected chi connectivity index (χ2v) is 6.64. The van der Waals surface area contributed by atoms with Crippen molar-refractivity contribution in [3.63, 3.8) is 0 Å². The Morgan fingerprint density at radius 2 is 1.89 bits per heavy atom. The molecule has 2 aromatic heterocycles.